The van der Waals surface area contributed by atoms with Crippen LogP contribution in [0.5, 0.6) is 0 Å². The number of fused-ring (bicyclic) bond motifs is 5. The van der Waals surface area contributed by atoms with E-state index in [-0.39, 0.29) is 52.1 Å². The molecule has 0 spiro atoms. The van der Waals surface area contributed by atoms with Gasteiger partial charge < -0.3 is 25.7 Å². The third kappa shape index (κ3) is 3.64. The van der Waals surface area contributed by atoms with Gasteiger partial charge in [-0.15, -0.1) is 0 Å². The summed E-state index contributed by atoms with van der Waals surface area (Å²) < 4.78 is 5.19. The van der Waals surface area contributed by atoms with Gasteiger partial charge in [-0.3, -0.25) is 4.79 Å². The van der Waals surface area contributed by atoms with Crippen molar-refractivity contribution in [2.24, 2.45) is 34.3 Å². The Morgan fingerprint density at radius 1 is 1.03 bits per heavy atom. The number of carbonyl (C=O) groups is 1. The normalized spacial score (nSPS) is 44.9. The van der Waals surface area contributed by atoms with Gasteiger partial charge in [0.1, 0.15) is 0 Å². The quantitative estimate of drug-likeness (QED) is 0.502. The molecular weight excluding hydrogens is 456 g/mol. The molecule has 1 heterocycles. The summed E-state index contributed by atoms with van der Waals surface area (Å²) in [6, 6.07) is 2.73. The minimum absolute atomic E-state index is 0.0665. The highest BCUT2D eigenvalue weighted by Crippen LogP contribution is 2.71. The van der Waals surface area contributed by atoms with Gasteiger partial charge in [0.05, 0.1) is 23.5 Å². The van der Waals surface area contributed by atoms with Gasteiger partial charge in [-0.2, -0.15) is 0 Å². The van der Waals surface area contributed by atoms with Crippen LogP contribution in [-0.2, 0) is 4.79 Å². The lowest BCUT2D eigenvalue weighted by atomic mass is 9.42. The standard InChI is InChI=1S/C29H44N2O5/c1-17(2)24(30)25(33)31-19-7-11-26(3)21-8-12-27(4)20(18-5-6-23(32)36-16-18)10-14-29(27,35)22(21)9-13-28(26,34)15-19/h5-6,16-17,19-22,24,34-35H,7-15,30H2,1-4H3,(H,31,33)/t19?,20-,21+,22-,24-,26-,27-,28+,29+/m1/s1. The Hall–Kier alpha value is -1.70. The van der Waals surface area contributed by atoms with Crippen molar-refractivity contribution < 1.29 is 19.4 Å². The topological polar surface area (TPSA) is 126 Å². The van der Waals surface area contributed by atoms with Crippen LogP contribution in [0.3, 0.4) is 0 Å². The average molecular weight is 501 g/mol. The molecule has 5 N–H and O–H groups in total. The summed E-state index contributed by atoms with van der Waals surface area (Å²) in [5, 5.41) is 27.6. The number of rotatable bonds is 4. The second-order valence-corrected chi connectivity index (χ2v) is 13.3. The Bertz CT molecular complexity index is 1050. The number of hydrogen-bond donors (Lipinski definition) is 4. The van der Waals surface area contributed by atoms with Gasteiger partial charge in [0.15, 0.2) is 0 Å². The van der Waals surface area contributed by atoms with Crippen LogP contribution >= 0.6 is 0 Å². The molecule has 7 nitrogen and oxygen atoms in total. The van der Waals surface area contributed by atoms with Gasteiger partial charge in [0, 0.05) is 17.5 Å². The van der Waals surface area contributed by atoms with Crippen molar-refractivity contribution in [3.63, 3.8) is 0 Å². The summed E-state index contributed by atoms with van der Waals surface area (Å²) in [7, 11) is 0. The second kappa shape index (κ2) is 8.67. The first-order valence-corrected chi connectivity index (χ1v) is 13.9. The van der Waals surface area contributed by atoms with Crippen LogP contribution in [0.1, 0.15) is 97.0 Å². The predicted octanol–water partition coefficient (Wildman–Crippen LogP) is 3.46. The van der Waals surface area contributed by atoms with Crippen molar-refractivity contribution in [1.82, 2.24) is 5.32 Å². The SMILES string of the molecule is CC(C)[C@@H](N)C(=O)NC1CC[C@]2(C)[C@H]3CC[C@]4(C)[C@@H](c5ccc(=O)oc5)CC[C@]4(O)[C@@H]3CC[C@]2(O)C1. The molecule has 7 heteroatoms. The van der Waals surface area contributed by atoms with Crippen molar-refractivity contribution in [2.45, 2.75) is 115 Å². The van der Waals surface area contributed by atoms with E-state index in [0.717, 1.165) is 50.5 Å². The van der Waals surface area contributed by atoms with Crippen molar-refractivity contribution in [3.8, 4) is 0 Å². The molecule has 0 saturated heterocycles. The van der Waals surface area contributed by atoms with E-state index in [1.54, 1.807) is 6.26 Å². The third-order valence-corrected chi connectivity index (χ3v) is 11.5. The molecule has 9 atom stereocenters. The monoisotopic (exact) mass is 500 g/mol. The highest BCUT2D eigenvalue weighted by atomic mass is 16.4. The van der Waals surface area contributed by atoms with Gasteiger partial charge in [-0.1, -0.05) is 27.7 Å². The first-order valence-electron chi connectivity index (χ1n) is 13.9. The maximum absolute atomic E-state index is 12.6. The second-order valence-electron chi connectivity index (χ2n) is 13.3. The maximum Gasteiger partial charge on any atom is 0.335 e. The maximum atomic E-state index is 12.6. The highest BCUT2D eigenvalue weighted by molar-refractivity contribution is 5.82. The molecule has 0 aliphatic heterocycles. The van der Waals surface area contributed by atoms with E-state index < -0.39 is 17.2 Å². The fourth-order valence-electron chi connectivity index (χ4n) is 9.05. The Morgan fingerprint density at radius 3 is 2.39 bits per heavy atom. The molecule has 1 amide bonds. The fraction of sp³-hybridized carbons (Fsp3) is 0.793. The minimum atomic E-state index is -0.864. The molecule has 0 aromatic carbocycles. The number of hydrogen-bond acceptors (Lipinski definition) is 6. The summed E-state index contributed by atoms with van der Waals surface area (Å²) in [6.45, 7) is 8.34. The summed E-state index contributed by atoms with van der Waals surface area (Å²) >= 11 is 0. The lowest BCUT2D eigenvalue weighted by Gasteiger charge is -2.66. The molecule has 0 bridgehead atoms. The lowest BCUT2D eigenvalue weighted by molar-refractivity contribution is -0.247. The van der Waals surface area contributed by atoms with Crippen molar-refractivity contribution in [3.05, 3.63) is 34.4 Å². The summed E-state index contributed by atoms with van der Waals surface area (Å²) in [6.07, 6.45) is 8.63. The smallest absolute Gasteiger partial charge is 0.335 e. The molecule has 4 saturated carbocycles. The third-order valence-electron chi connectivity index (χ3n) is 11.5. The fourth-order valence-corrected chi connectivity index (χ4v) is 9.05. The van der Waals surface area contributed by atoms with Crippen LogP contribution in [0.15, 0.2) is 27.6 Å². The molecule has 1 aromatic heterocycles. The molecule has 4 fully saturated rings. The van der Waals surface area contributed by atoms with E-state index in [1.807, 2.05) is 19.9 Å². The first kappa shape index (κ1) is 25.9. The van der Waals surface area contributed by atoms with Gasteiger partial charge >= 0.3 is 5.63 Å². The number of nitrogens with two attached hydrogens (primary N) is 1. The zero-order valence-corrected chi connectivity index (χ0v) is 22.3. The minimum Gasteiger partial charge on any atom is -0.431 e. The van der Waals surface area contributed by atoms with Crippen molar-refractivity contribution in [1.29, 1.82) is 0 Å². The van der Waals surface area contributed by atoms with E-state index in [4.69, 9.17) is 10.2 Å². The Morgan fingerprint density at radius 2 is 1.72 bits per heavy atom. The van der Waals surface area contributed by atoms with Gasteiger partial charge in [0.2, 0.25) is 5.91 Å². The Kier molecular flexibility index (Phi) is 6.24. The molecule has 4 aliphatic carbocycles. The summed E-state index contributed by atoms with van der Waals surface area (Å²) in [4.78, 5) is 24.1. The number of carbonyl (C=O) groups excluding carboxylic acids is 1. The molecule has 5 rings (SSSR count). The van der Waals surface area contributed by atoms with E-state index in [9.17, 15) is 19.8 Å². The van der Waals surface area contributed by atoms with Crippen LogP contribution in [0.4, 0.5) is 0 Å². The molecule has 0 radical (unpaired) electrons. The lowest BCUT2D eigenvalue weighted by Crippen LogP contribution is -2.68. The average Bonchev–Trinajstić information content (AvgIpc) is 3.11. The molecule has 4 aliphatic rings. The Labute approximate surface area is 214 Å². The largest absolute Gasteiger partial charge is 0.431 e. The summed E-state index contributed by atoms with van der Waals surface area (Å²) in [5.74, 6) is 0.445. The predicted molar refractivity (Wildman–Crippen MR) is 137 cm³/mol. The van der Waals surface area contributed by atoms with Crippen LogP contribution in [0, 0.1) is 28.6 Å². The zero-order valence-electron chi connectivity index (χ0n) is 22.3. The first-order chi connectivity index (χ1) is 16.8. The van der Waals surface area contributed by atoms with Crippen LogP contribution in [0.25, 0.3) is 0 Å². The molecular formula is C29H44N2O5. The van der Waals surface area contributed by atoms with E-state index >= 15 is 0 Å². The summed E-state index contributed by atoms with van der Waals surface area (Å²) in [5.41, 5.74) is 4.45. The van der Waals surface area contributed by atoms with Crippen LogP contribution < -0.4 is 16.7 Å². The zero-order chi connectivity index (χ0) is 26.1. The van der Waals surface area contributed by atoms with Crippen molar-refractivity contribution in [2.75, 3.05) is 0 Å². The number of aliphatic hydroxyl groups is 2. The number of amides is 1. The molecule has 1 aromatic rings. The van der Waals surface area contributed by atoms with E-state index in [0.29, 0.717) is 12.8 Å². The molecule has 1 unspecified atom stereocenters. The van der Waals surface area contributed by atoms with Gasteiger partial charge in [-0.25, -0.2) is 4.79 Å². The highest BCUT2D eigenvalue weighted by Gasteiger charge is 2.69. The van der Waals surface area contributed by atoms with Crippen molar-refractivity contribution >= 4 is 5.91 Å². The van der Waals surface area contributed by atoms with Crippen LogP contribution in [-0.4, -0.2) is 39.4 Å². The van der Waals surface area contributed by atoms with Crippen LogP contribution in [0.2, 0.25) is 0 Å². The molecule has 200 valence electrons. The van der Waals surface area contributed by atoms with E-state index in [2.05, 4.69) is 19.2 Å². The van der Waals surface area contributed by atoms with E-state index in [1.165, 1.54) is 6.07 Å². The molecule has 36 heavy (non-hydrogen) atoms. The number of nitrogens with one attached hydrogen (secondary N) is 1. The van der Waals surface area contributed by atoms with Gasteiger partial charge in [-0.05, 0) is 98.5 Å². The van der Waals surface area contributed by atoms with Gasteiger partial charge in [0.25, 0.3) is 0 Å². The Balaban J connectivity index is 1.37.